The summed E-state index contributed by atoms with van der Waals surface area (Å²) in [7, 11) is 1.60. The summed E-state index contributed by atoms with van der Waals surface area (Å²) < 4.78 is 3.56. The predicted molar refractivity (Wildman–Crippen MR) is 74.1 cm³/mol. The van der Waals surface area contributed by atoms with Crippen LogP contribution >= 0.6 is 34.5 Å². The Morgan fingerprint density at radius 3 is 2.56 bits per heavy atom. The number of nitrogens with zero attached hydrogens (tertiary/aromatic N) is 2. The quantitative estimate of drug-likeness (QED) is 0.854. The van der Waals surface area contributed by atoms with E-state index in [1.165, 1.54) is 22.1 Å². The lowest BCUT2D eigenvalue weighted by molar-refractivity contribution is 0.633. The van der Waals surface area contributed by atoms with Gasteiger partial charge < -0.3 is 4.57 Å². The van der Waals surface area contributed by atoms with Crippen LogP contribution in [-0.4, -0.2) is 9.13 Å². The molecule has 0 aromatic carbocycles. The lowest BCUT2D eigenvalue weighted by Gasteiger charge is -2.07. The molecule has 0 atom stereocenters. The molecular formula is C11H10Cl2N2O2S. The second kappa shape index (κ2) is 4.91. The summed E-state index contributed by atoms with van der Waals surface area (Å²) in [6.45, 7) is 1.80. The second-order valence-corrected chi connectivity index (χ2v) is 6.23. The van der Waals surface area contributed by atoms with Crippen molar-refractivity contribution in [2.45, 2.75) is 13.5 Å². The van der Waals surface area contributed by atoms with E-state index < -0.39 is 0 Å². The number of aryl methyl sites for hydroxylation is 2. The Morgan fingerprint density at radius 1 is 1.33 bits per heavy atom. The zero-order chi connectivity index (χ0) is 13.4. The Kier molecular flexibility index (Phi) is 3.66. The molecule has 0 fully saturated rings. The number of hydrogen-bond donors (Lipinski definition) is 0. The molecule has 0 spiro atoms. The number of thiophene rings is 1. The minimum atomic E-state index is -0.371. The van der Waals surface area contributed by atoms with Gasteiger partial charge in [-0.2, -0.15) is 0 Å². The highest BCUT2D eigenvalue weighted by atomic mass is 35.5. The maximum atomic E-state index is 11.9. The summed E-state index contributed by atoms with van der Waals surface area (Å²) in [5, 5.41) is 0. The van der Waals surface area contributed by atoms with Crippen LogP contribution in [0.5, 0.6) is 0 Å². The molecule has 0 unspecified atom stereocenters. The van der Waals surface area contributed by atoms with Crippen molar-refractivity contribution >= 4 is 34.5 Å². The van der Waals surface area contributed by atoms with Gasteiger partial charge in [0.15, 0.2) is 0 Å². The summed E-state index contributed by atoms with van der Waals surface area (Å²) in [6.07, 6.45) is 1.52. The van der Waals surface area contributed by atoms with Crippen LogP contribution in [0.15, 0.2) is 21.9 Å². The fourth-order valence-corrected chi connectivity index (χ4v) is 3.16. The monoisotopic (exact) mass is 304 g/mol. The fourth-order valence-electron chi connectivity index (χ4n) is 1.68. The van der Waals surface area contributed by atoms with Gasteiger partial charge in [0.1, 0.15) is 0 Å². The molecule has 0 aliphatic carbocycles. The van der Waals surface area contributed by atoms with Crippen molar-refractivity contribution < 1.29 is 0 Å². The normalized spacial score (nSPS) is 10.9. The number of hydrogen-bond acceptors (Lipinski definition) is 3. The Bertz CT molecular complexity index is 681. The van der Waals surface area contributed by atoms with Gasteiger partial charge in [0.05, 0.1) is 15.2 Å². The molecule has 0 saturated heterocycles. The Balaban J connectivity index is 2.57. The van der Waals surface area contributed by atoms with Gasteiger partial charge in [0.2, 0.25) is 0 Å². The van der Waals surface area contributed by atoms with E-state index >= 15 is 0 Å². The van der Waals surface area contributed by atoms with E-state index in [4.69, 9.17) is 23.2 Å². The average molecular weight is 305 g/mol. The first-order valence-electron chi connectivity index (χ1n) is 5.11. The predicted octanol–water partition coefficient (Wildman–Crippen LogP) is 2.27. The minimum absolute atomic E-state index is 0.134. The van der Waals surface area contributed by atoms with Crippen molar-refractivity contribution in [3.63, 3.8) is 0 Å². The van der Waals surface area contributed by atoms with Gasteiger partial charge in [0, 0.05) is 24.4 Å². The van der Waals surface area contributed by atoms with Crippen LogP contribution in [0.25, 0.3) is 0 Å². The third kappa shape index (κ3) is 2.39. The molecule has 7 heteroatoms. The molecule has 0 aliphatic rings. The van der Waals surface area contributed by atoms with E-state index in [9.17, 15) is 9.59 Å². The fraction of sp³-hybridized carbons (Fsp3) is 0.273. The van der Waals surface area contributed by atoms with E-state index in [1.54, 1.807) is 20.0 Å². The molecule has 96 valence electrons. The van der Waals surface area contributed by atoms with Gasteiger partial charge >= 0.3 is 5.69 Å². The van der Waals surface area contributed by atoms with Crippen LogP contribution < -0.4 is 11.2 Å². The van der Waals surface area contributed by atoms with E-state index in [1.807, 2.05) is 0 Å². The van der Waals surface area contributed by atoms with Crippen molar-refractivity contribution in [2.75, 3.05) is 0 Å². The summed E-state index contributed by atoms with van der Waals surface area (Å²) in [5.41, 5.74) is 0.506. The second-order valence-electron chi connectivity index (χ2n) is 3.95. The van der Waals surface area contributed by atoms with Crippen LogP contribution in [0.4, 0.5) is 0 Å². The van der Waals surface area contributed by atoms with Gasteiger partial charge in [0.25, 0.3) is 5.56 Å². The van der Waals surface area contributed by atoms with Crippen molar-refractivity contribution in [1.29, 1.82) is 0 Å². The van der Waals surface area contributed by atoms with Gasteiger partial charge in [-0.15, -0.1) is 11.3 Å². The first-order valence-corrected chi connectivity index (χ1v) is 6.68. The molecule has 4 nitrogen and oxygen atoms in total. The molecule has 0 amide bonds. The van der Waals surface area contributed by atoms with Crippen LogP contribution in [0, 0.1) is 6.92 Å². The van der Waals surface area contributed by atoms with E-state index in [2.05, 4.69) is 0 Å². The highest BCUT2D eigenvalue weighted by Gasteiger charge is 2.11. The molecule has 0 bridgehead atoms. The van der Waals surface area contributed by atoms with Crippen LogP contribution in [-0.2, 0) is 13.6 Å². The van der Waals surface area contributed by atoms with E-state index in [0.717, 1.165) is 4.57 Å². The lowest BCUT2D eigenvalue weighted by Crippen LogP contribution is -2.39. The number of aromatic nitrogens is 2. The molecule has 0 radical (unpaired) electrons. The molecule has 2 aromatic rings. The zero-order valence-electron chi connectivity index (χ0n) is 9.74. The highest BCUT2D eigenvalue weighted by molar-refractivity contribution is 7.20. The summed E-state index contributed by atoms with van der Waals surface area (Å²) >= 11 is 13.0. The molecule has 2 rings (SSSR count). The largest absolute Gasteiger partial charge is 0.331 e. The average Bonchev–Trinajstić information content (AvgIpc) is 2.61. The Hall–Kier alpha value is -1.04. The summed E-state index contributed by atoms with van der Waals surface area (Å²) in [6, 6.07) is 1.67. The van der Waals surface area contributed by atoms with E-state index in [0.29, 0.717) is 19.8 Å². The third-order valence-electron chi connectivity index (χ3n) is 2.56. The molecule has 0 saturated carbocycles. The zero-order valence-corrected chi connectivity index (χ0v) is 12.1. The Labute approximate surface area is 117 Å². The van der Waals surface area contributed by atoms with Crippen LogP contribution in [0.3, 0.4) is 0 Å². The summed E-state index contributed by atoms with van der Waals surface area (Å²) in [4.78, 5) is 23.9. The standard InChI is InChI=1S/C11H10Cl2N2O2S/c1-6-4-14(2)11(17)15(10(6)16)5-7-3-8(12)18-9(7)13/h3-4H,5H2,1-2H3. The molecule has 2 heterocycles. The Morgan fingerprint density at radius 2 is 2.00 bits per heavy atom. The van der Waals surface area contributed by atoms with Gasteiger partial charge in [-0.3, -0.25) is 9.36 Å². The smallest absolute Gasteiger partial charge is 0.303 e. The van der Waals surface area contributed by atoms with Crippen molar-refractivity contribution in [3.8, 4) is 0 Å². The third-order valence-corrected chi connectivity index (χ3v) is 4.13. The van der Waals surface area contributed by atoms with Crippen LogP contribution in [0.1, 0.15) is 11.1 Å². The highest BCUT2D eigenvalue weighted by Crippen LogP contribution is 2.31. The SMILES string of the molecule is Cc1cn(C)c(=O)n(Cc2cc(Cl)sc2Cl)c1=O. The van der Waals surface area contributed by atoms with Crippen LogP contribution in [0.2, 0.25) is 8.67 Å². The van der Waals surface area contributed by atoms with Crippen molar-refractivity contribution in [3.05, 3.63) is 52.9 Å². The summed E-state index contributed by atoms with van der Waals surface area (Å²) in [5.74, 6) is 0. The van der Waals surface area contributed by atoms with E-state index in [-0.39, 0.29) is 17.8 Å². The molecule has 18 heavy (non-hydrogen) atoms. The minimum Gasteiger partial charge on any atom is -0.303 e. The van der Waals surface area contributed by atoms with Gasteiger partial charge in [-0.1, -0.05) is 23.2 Å². The molecule has 0 N–H and O–H groups in total. The lowest BCUT2D eigenvalue weighted by atomic mass is 10.3. The van der Waals surface area contributed by atoms with Gasteiger partial charge in [-0.05, 0) is 13.0 Å². The first-order chi connectivity index (χ1) is 8.40. The maximum absolute atomic E-state index is 11.9. The molecule has 0 aliphatic heterocycles. The van der Waals surface area contributed by atoms with Crippen molar-refractivity contribution in [1.82, 2.24) is 9.13 Å². The first kappa shape index (κ1) is 13.4. The maximum Gasteiger partial charge on any atom is 0.331 e. The van der Waals surface area contributed by atoms with Crippen molar-refractivity contribution in [2.24, 2.45) is 7.05 Å². The molecular weight excluding hydrogens is 295 g/mol. The molecule has 2 aromatic heterocycles. The number of halogens is 2. The topological polar surface area (TPSA) is 44.0 Å². The van der Waals surface area contributed by atoms with Gasteiger partial charge in [-0.25, -0.2) is 4.79 Å². The number of rotatable bonds is 2.